The second kappa shape index (κ2) is 7.56. The van der Waals surface area contributed by atoms with Gasteiger partial charge in [0.05, 0.1) is 12.2 Å². The summed E-state index contributed by atoms with van der Waals surface area (Å²) in [6, 6.07) is 8.02. The molecule has 0 saturated carbocycles. The minimum atomic E-state index is -0.106. The number of carbonyl (C=O) groups is 1. The van der Waals surface area contributed by atoms with Gasteiger partial charge in [0.25, 0.3) is 5.91 Å². The van der Waals surface area contributed by atoms with Crippen LogP contribution < -0.4 is 4.90 Å². The highest BCUT2D eigenvalue weighted by atomic mass is 16.3. The summed E-state index contributed by atoms with van der Waals surface area (Å²) in [5.41, 5.74) is 1.80. The van der Waals surface area contributed by atoms with Crippen molar-refractivity contribution in [1.82, 2.24) is 4.90 Å². The van der Waals surface area contributed by atoms with E-state index in [4.69, 9.17) is 0 Å². The first-order chi connectivity index (χ1) is 11.7. The van der Waals surface area contributed by atoms with Gasteiger partial charge in [0.2, 0.25) is 0 Å². The number of benzene rings is 1. The molecule has 2 aliphatic rings. The van der Waals surface area contributed by atoms with E-state index < -0.39 is 0 Å². The van der Waals surface area contributed by atoms with Crippen molar-refractivity contribution in [2.45, 2.75) is 45.4 Å². The molecule has 0 spiro atoms. The van der Waals surface area contributed by atoms with Gasteiger partial charge in [-0.2, -0.15) is 0 Å². The third kappa shape index (κ3) is 3.44. The van der Waals surface area contributed by atoms with E-state index in [-0.39, 0.29) is 17.9 Å². The van der Waals surface area contributed by atoms with Gasteiger partial charge in [-0.05, 0) is 44.2 Å². The zero-order valence-electron chi connectivity index (χ0n) is 14.8. The van der Waals surface area contributed by atoms with Crippen LogP contribution in [-0.2, 0) is 0 Å². The van der Waals surface area contributed by atoms with Crippen molar-refractivity contribution >= 4 is 11.6 Å². The lowest BCUT2D eigenvalue weighted by atomic mass is 9.77. The molecule has 1 aromatic carbocycles. The molecule has 1 aromatic rings. The quantitative estimate of drug-likeness (QED) is 0.901. The van der Waals surface area contributed by atoms with Crippen molar-refractivity contribution in [1.29, 1.82) is 0 Å². The number of anilines is 1. The van der Waals surface area contributed by atoms with Crippen molar-refractivity contribution < 1.29 is 9.90 Å². The van der Waals surface area contributed by atoms with Crippen molar-refractivity contribution in [3.63, 3.8) is 0 Å². The lowest BCUT2D eigenvalue weighted by Crippen LogP contribution is -2.48. The van der Waals surface area contributed by atoms with Crippen molar-refractivity contribution in [3.05, 3.63) is 29.8 Å². The predicted octanol–water partition coefficient (Wildman–Crippen LogP) is 3.30. The first-order valence-corrected chi connectivity index (χ1v) is 9.43. The average molecular weight is 330 g/mol. The first kappa shape index (κ1) is 17.3. The lowest BCUT2D eigenvalue weighted by Gasteiger charge is -2.42. The molecule has 0 aliphatic carbocycles. The fourth-order valence-corrected chi connectivity index (χ4v) is 4.38. The van der Waals surface area contributed by atoms with Gasteiger partial charge in [-0.1, -0.05) is 25.5 Å². The van der Waals surface area contributed by atoms with Crippen molar-refractivity contribution in [3.8, 4) is 0 Å². The molecule has 4 nitrogen and oxygen atoms in total. The molecular weight excluding hydrogens is 300 g/mol. The van der Waals surface area contributed by atoms with Gasteiger partial charge in [0, 0.05) is 37.3 Å². The van der Waals surface area contributed by atoms with E-state index in [2.05, 4.69) is 17.9 Å². The Hall–Kier alpha value is -1.55. The van der Waals surface area contributed by atoms with Crippen LogP contribution in [0, 0.1) is 5.41 Å². The van der Waals surface area contributed by atoms with Crippen LogP contribution in [0.5, 0.6) is 0 Å². The van der Waals surface area contributed by atoms with Crippen LogP contribution in [0.2, 0.25) is 0 Å². The number of aliphatic hydroxyl groups is 1. The van der Waals surface area contributed by atoms with Crippen molar-refractivity contribution in [2.75, 3.05) is 37.7 Å². The number of carbonyl (C=O) groups excluding carboxylic acids is 1. The summed E-state index contributed by atoms with van der Waals surface area (Å²) in [7, 11) is 0. The van der Waals surface area contributed by atoms with Crippen LogP contribution in [-0.4, -0.2) is 48.7 Å². The Balaban J connectivity index is 1.81. The van der Waals surface area contributed by atoms with Gasteiger partial charge in [0.1, 0.15) is 0 Å². The molecule has 1 atom stereocenters. The number of nitrogens with zero attached hydrogens (tertiary/aromatic N) is 2. The smallest absolute Gasteiger partial charge is 0.255 e. The molecule has 0 bridgehead atoms. The lowest BCUT2D eigenvalue weighted by molar-refractivity contribution is 0.0223. The number of amides is 1. The van der Waals surface area contributed by atoms with E-state index in [1.807, 2.05) is 23.1 Å². The highest BCUT2D eigenvalue weighted by molar-refractivity contribution is 6.00. The summed E-state index contributed by atoms with van der Waals surface area (Å²) in [5.74, 6) is 0.131. The standard InChI is InChI=1S/C20H30N2O2/c1-2-10-20(16-23)11-7-14-22(15-20)19(24)17-8-3-4-9-18(17)21-12-5-6-13-21/h3-4,8-9,23H,2,5-7,10-16H2,1H3. The monoisotopic (exact) mass is 330 g/mol. The molecule has 3 rings (SSSR count). The molecule has 132 valence electrons. The third-order valence-electron chi connectivity index (χ3n) is 5.65. The third-order valence-corrected chi connectivity index (χ3v) is 5.65. The zero-order valence-corrected chi connectivity index (χ0v) is 14.8. The topological polar surface area (TPSA) is 43.8 Å². The largest absolute Gasteiger partial charge is 0.396 e. The summed E-state index contributed by atoms with van der Waals surface area (Å²) in [6.45, 7) is 5.91. The number of hydrogen-bond acceptors (Lipinski definition) is 3. The molecular formula is C20H30N2O2. The Morgan fingerprint density at radius 2 is 1.92 bits per heavy atom. The molecule has 0 aromatic heterocycles. The SMILES string of the molecule is CCCC1(CO)CCCN(C(=O)c2ccccc2N2CCCC2)C1. The van der Waals surface area contributed by atoms with E-state index >= 15 is 0 Å². The Kier molecular flexibility index (Phi) is 5.44. The molecule has 2 heterocycles. The molecule has 2 saturated heterocycles. The van der Waals surface area contributed by atoms with Gasteiger partial charge in [-0.3, -0.25) is 4.79 Å². The molecule has 2 aliphatic heterocycles. The minimum Gasteiger partial charge on any atom is -0.396 e. The van der Waals surface area contributed by atoms with Crippen LogP contribution in [0.15, 0.2) is 24.3 Å². The summed E-state index contributed by atoms with van der Waals surface area (Å²) >= 11 is 0. The maximum Gasteiger partial charge on any atom is 0.255 e. The van der Waals surface area contributed by atoms with Gasteiger partial charge < -0.3 is 14.9 Å². The average Bonchev–Trinajstić information content (AvgIpc) is 3.16. The Bertz CT molecular complexity index is 565. The second-order valence-corrected chi connectivity index (χ2v) is 7.45. The maximum absolute atomic E-state index is 13.2. The van der Waals surface area contributed by atoms with Gasteiger partial charge in [-0.25, -0.2) is 0 Å². The second-order valence-electron chi connectivity index (χ2n) is 7.45. The minimum absolute atomic E-state index is 0.106. The number of hydrogen-bond donors (Lipinski definition) is 1. The number of rotatable bonds is 5. The fraction of sp³-hybridized carbons (Fsp3) is 0.650. The predicted molar refractivity (Wildman–Crippen MR) is 97.5 cm³/mol. The summed E-state index contributed by atoms with van der Waals surface area (Å²) in [5, 5.41) is 9.92. The summed E-state index contributed by atoms with van der Waals surface area (Å²) < 4.78 is 0. The number of aliphatic hydroxyl groups excluding tert-OH is 1. The van der Waals surface area contributed by atoms with Crippen LogP contribution in [0.3, 0.4) is 0 Å². The molecule has 1 N–H and O–H groups in total. The Morgan fingerprint density at radius 3 is 2.62 bits per heavy atom. The van der Waals surface area contributed by atoms with Crippen LogP contribution in [0.4, 0.5) is 5.69 Å². The van der Waals surface area contributed by atoms with Crippen molar-refractivity contribution in [2.24, 2.45) is 5.41 Å². The first-order valence-electron chi connectivity index (χ1n) is 9.43. The highest BCUT2D eigenvalue weighted by Crippen LogP contribution is 2.35. The molecule has 1 unspecified atom stereocenters. The summed E-state index contributed by atoms with van der Waals surface area (Å²) in [4.78, 5) is 17.5. The van der Waals surface area contributed by atoms with Gasteiger partial charge >= 0.3 is 0 Å². The Morgan fingerprint density at radius 1 is 1.17 bits per heavy atom. The van der Waals surface area contributed by atoms with Gasteiger partial charge in [0.15, 0.2) is 0 Å². The fourth-order valence-electron chi connectivity index (χ4n) is 4.38. The van der Waals surface area contributed by atoms with Crippen LogP contribution in [0.1, 0.15) is 55.8 Å². The number of para-hydroxylation sites is 1. The maximum atomic E-state index is 13.2. The van der Waals surface area contributed by atoms with E-state index in [0.717, 1.165) is 56.6 Å². The molecule has 2 fully saturated rings. The highest BCUT2D eigenvalue weighted by Gasteiger charge is 2.36. The molecule has 1 amide bonds. The van der Waals surface area contributed by atoms with Crippen LogP contribution in [0.25, 0.3) is 0 Å². The molecule has 24 heavy (non-hydrogen) atoms. The zero-order chi connectivity index (χ0) is 17.0. The number of likely N-dealkylation sites (tertiary alicyclic amines) is 1. The van der Waals surface area contributed by atoms with Gasteiger partial charge in [-0.15, -0.1) is 0 Å². The molecule has 4 heteroatoms. The van der Waals surface area contributed by atoms with Crippen LogP contribution >= 0.6 is 0 Å². The van der Waals surface area contributed by atoms with E-state index in [1.165, 1.54) is 12.8 Å². The van der Waals surface area contributed by atoms with E-state index in [1.54, 1.807) is 0 Å². The number of piperidine rings is 1. The Labute approximate surface area is 145 Å². The van der Waals surface area contributed by atoms with E-state index in [0.29, 0.717) is 6.54 Å². The normalized spacial score (nSPS) is 24.4. The molecule has 0 radical (unpaired) electrons. The van der Waals surface area contributed by atoms with E-state index in [9.17, 15) is 9.90 Å². The summed E-state index contributed by atoms with van der Waals surface area (Å²) in [6.07, 6.45) is 6.45.